The third-order valence-corrected chi connectivity index (χ3v) is 1.67. The topological polar surface area (TPSA) is 40.5 Å². The van der Waals surface area contributed by atoms with E-state index in [2.05, 4.69) is 0 Å². The molecule has 13 heavy (non-hydrogen) atoms. The van der Waals surface area contributed by atoms with Crippen LogP contribution in [-0.4, -0.2) is 18.1 Å². The number of carbonyl (C=O) groups is 1. The number of anilines is 1. The van der Waals surface area contributed by atoms with Gasteiger partial charge in [0.05, 0.1) is 5.69 Å². The Bertz CT molecular complexity index is 365. The van der Waals surface area contributed by atoms with E-state index in [1.807, 2.05) is 5.92 Å². The lowest BCUT2D eigenvalue weighted by Gasteiger charge is -2.14. The van der Waals surface area contributed by atoms with Gasteiger partial charge in [-0.1, -0.05) is 12.1 Å². The highest BCUT2D eigenvalue weighted by atomic mass is 16.3. The minimum atomic E-state index is -0.485. The molecule has 1 aromatic carbocycles. The third kappa shape index (κ3) is 1.79. The number of nitrogens with zero attached hydrogens (tertiary/aromatic N) is 1. The lowest BCUT2D eigenvalue weighted by Crippen LogP contribution is -2.24. The van der Waals surface area contributed by atoms with E-state index in [1.165, 1.54) is 18.0 Å². The Balaban J connectivity index is 3.03. The highest BCUT2D eigenvalue weighted by Crippen LogP contribution is 2.24. The van der Waals surface area contributed by atoms with Crippen LogP contribution >= 0.6 is 0 Å². The number of carbonyl (C=O) groups excluding carboxylic acids is 1. The van der Waals surface area contributed by atoms with Crippen LogP contribution in [0.25, 0.3) is 0 Å². The van der Waals surface area contributed by atoms with E-state index in [9.17, 15) is 9.90 Å². The highest BCUT2D eigenvalue weighted by molar-refractivity contribution is 6.05. The van der Waals surface area contributed by atoms with Crippen molar-refractivity contribution in [1.82, 2.24) is 0 Å². The number of rotatable bonds is 1. The summed E-state index contributed by atoms with van der Waals surface area (Å²) in [7, 11) is 1.51. The molecule has 0 spiro atoms. The van der Waals surface area contributed by atoms with E-state index in [0.717, 1.165) is 0 Å². The molecule has 0 aliphatic carbocycles. The second-order valence-electron chi connectivity index (χ2n) is 2.50. The number of amides is 1. The molecular weight excluding hydrogens is 166 g/mol. The summed E-state index contributed by atoms with van der Waals surface area (Å²) in [5, 5.41) is 9.36. The first-order chi connectivity index (χ1) is 6.16. The Hall–Kier alpha value is -1.95. The van der Waals surface area contributed by atoms with Gasteiger partial charge in [0.2, 0.25) is 0 Å². The van der Waals surface area contributed by atoms with Crippen molar-refractivity contribution in [2.75, 3.05) is 11.9 Å². The molecule has 0 saturated heterocycles. The number of hydrogen-bond acceptors (Lipinski definition) is 2. The fourth-order valence-electron chi connectivity index (χ4n) is 0.954. The van der Waals surface area contributed by atoms with E-state index in [-0.39, 0.29) is 5.75 Å². The first-order valence-corrected chi connectivity index (χ1v) is 3.69. The van der Waals surface area contributed by atoms with Crippen LogP contribution in [0.3, 0.4) is 0 Å². The zero-order valence-corrected chi connectivity index (χ0v) is 7.19. The minimum Gasteiger partial charge on any atom is -0.506 e. The van der Waals surface area contributed by atoms with Crippen molar-refractivity contribution in [3.63, 3.8) is 0 Å². The van der Waals surface area contributed by atoms with Crippen LogP contribution in [0.15, 0.2) is 24.3 Å². The number of benzene rings is 1. The van der Waals surface area contributed by atoms with Gasteiger partial charge in [-0.25, -0.2) is 0 Å². The molecule has 0 unspecified atom stereocenters. The van der Waals surface area contributed by atoms with Crippen molar-refractivity contribution < 1.29 is 9.90 Å². The normalized spacial score (nSPS) is 8.92. The van der Waals surface area contributed by atoms with Crippen molar-refractivity contribution >= 4 is 11.6 Å². The minimum absolute atomic E-state index is 0.0357. The van der Waals surface area contributed by atoms with E-state index in [1.54, 1.807) is 18.2 Å². The van der Waals surface area contributed by atoms with Crippen molar-refractivity contribution in [2.24, 2.45) is 0 Å². The molecule has 0 fully saturated rings. The second kappa shape index (κ2) is 3.63. The maximum Gasteiger partial charge on any atom is 0.302 e. The molecule has 3 nitrogen and oxygen atoms in total. The van der Waals surface area contributed by atoms with Gasteiger partial charge in [-0.05, 0) is 18.1 Å². The molecule has 3 heteroatoms. The lowest BCUT2D eigenvalue weighted by atomic mass is 10.2. The molecule has 0 aliphatic rings. The number of phenolic OH excluding ortho intramolecular Hbond substituents is 1. The quantitative estimate of drug-likeness (QED) is 0.646. The summed E-state index contributed by atoms with van der Waals surface area (Å²) < 4.78 is 0. The monoisotopic (exact) mass is 175 g/mol. The molecule has 66 valence electrons. The predicted molar refractivity (Wildman–Crippen MR) is 50.3 cm³/mol. The summed E-state index contributed by atoms with van der Waals surface area (Å²) in [6.45, 7) is 0. The fraction of sp³-hybridized carbons (Fsp3) is 0.100. The van der Waals surface area contributed by atoms with Gasteiger partial charge in [0.15, 0.2) is 0 Å². The number of hydrogen-bond donors (Lipinski definition) is 1. The number of para-hydroxylation sites is 2. The molecule has 1 amide bonds. The molecule has 0 saturated carbocycles. The Morgan fingerprint density at radius 3 is 2.69 bits per heavy atom. The van der Waals surface area contributed by atoms with Crippen LogP contribution in [0.4, 0.5) is 5.69 Å². The summed E-state index contributed by atoms with van der Waals surface area (Å²) in [5.41, 5.74) is 0.408. The molecule has 0 heterocycles. The molecule has 0 radical (unpaired) electrons. The standard InChI is InChI=1S/C10H9NO2/c1-3-10(13)11(2)8-6-4-5-7-9(8)12/h1,4-7,12H,2H3. The van der Waals surface area contributed by atoms with Crippen LogP contribution in [0, 0.1) is 12.3 Å². The Kier molecular flexibility index (Phi) is 2.56. The SMILES string of the molecule is C#CC(=O)N(C)c1ccccc1O. The van der Waals surface area contributed by atoms with Gasteiger partial charge >= 0.3 is 5.91 Å². The van der Waals surface area contributed by atoms with E-state index in [4.69, 9.17) is 6.42 Å². The largest absolute Gasteiger partial charge is 0.506 e. The zero-order chi connectivity index (χ0) is 9.84. The summed E-state index contributed by atoms with van der Waals surface area (Å²) in [6.07, 6.45) is 4.94. The second-order valence-corrected chi connectivity index (χ2v) is 2.50. The van der Waals surface area contributed by atoms with Gasteiger partial charge in [0.1, 0.15) is 5.75 Å². The number of aromatic hydroxyl groups is 1. The highest BCUT2D eigenvalue weighted by Gasteiger charge is 2.10. The molecule has 0 bridgehead atoms. The Morgan fingerprint density at radius 2 is 2.15 bits per heavy atom. The average molecular weight is 175 g/mol. The average Bonchev–Trinajstić information content (AvgIpc) is 2.16. The van der Waals surface area contributed by atoms with E-state index < -0.39 is 5.91 Å². The van der Waals surface area contributed by atoms with Crippen LogP contribution in [-0.2, 0) is 4.79 Å². The van der Waals surface area contributed by atoms with Gasteiger partial charge in [0, 0.05) is 7.05 Å². The summed E-state index contributed by atoms with van der Waals surface area (Å²) in [6, 6.07) is 6.50. The maximum absolute atomic E-state index is 11.0. The smallest absolute Gasteiger partial charge is 0.302 e. The van der Waals surface area contributed by atoms with Gasteiger partial charge in [-0.15, -0.1) is 6.42 Å². The van der Waals surface area contributed by atoms with Crippen LogP contribution in [0.5, 0.6) is 5.75 Å². The lowest BCUT2D eigenvalue weighted by molar-refractivity contribution is -0.113. The molecule has 1 rings (SSSR count). The van der Waals surface area contributed by atoms with Crippen molar-refractivity contribution in [3.05, 3.63) is 24.3 Å². The van der Waals surface area contributed by atoms with Crippen molar-refractivity contribution in [3.8, 4) is 18.1 Å². The molecular formula is C10H9NO2. The Morgan fingerprint density at radius 1 is 1.54 bits per heavy atom. The first kappa shape index (κ1) is 9.14. The fourth-order valence-corrected chi connectivity index (χ4v) is 0.954. The molecule has 1 N–H and O–H groups in total. The van der Waals surface area contributed by atoms with Crippen molar-refractivity contribution in [2.45, 2.75) is 0 Å². The molecule has 0 aliphatic heterocycles. The van der Waals surface area contributed by atoms with Crippen molar-refractivity contribution in [1.29, 1.82) is 0 Å². The van der Waals surface area contributed by atoms with E-state index in [0.29, 0.717) is 5.69 Å². The van der Waals surface area contributed by atoms with Gasteiger partial charge < -0.3 is 10.0 Å². The van der Waals surface area contributed by atoms with Crippen LogP contribution in [0.2, 0.25) is 0 Å². The zero-order valence-electron chi connectivity index (χ0n) is 7.19. The van der Waals surface area contributed by atoms with Gasteiger partial charge in [-0.3, -0.25) is 4.79 Å². The molecule has 1 aromatic rings. The number of phenols is 1. The Labute approximate surface area is 76.6 Å². The van der Waals surface area contributed by atoms with E-state index >= 15 is 0 Å². The summed E-state index contributed by atoms with van der Waals surface area (Å²) >= 11 is 0. The van der Waals surface area contributed by atoms with Crippen LogP contribution < -0.4 is 4.90 Å². The summed E-state index contributed by atoms with van der Waals surface area (Å²) in [4.78, 5) is 12.3. The van der Waals surface area contributed by atoms with Crippen LogP contribution in [0.1, 0.15) is 0 Å². The third-order valence-electron chi connectivity index (χ3n) is 1.67. The molecule has 0 atom stereocenters. The van der Waals surface area contributed by atoms with Gasteiger partial charge in [0.25, 0.3) is 0 Å². The van der Waals surface area contributed by atoms with Gasteiger partial charge in [-0.2, -0.15) is 0 Å². The molecule has 0 aromatic heterocycles. The first-order valence-electron chi connectivity index (χ1n) is 3.69. The maximum atomic E-state index is 11.0. The number of terminal acetylenes is 1. The predicted octanol–water partition coefficient (Wildman–Crippen LogP) is 0.988. The summed E-state index contributed by atoms with van der Waals surface area (Å²) in [5.74, 6) is 1.52.